The van der Waals surface area contributed by atoms with Gasteiger partial charge in [0.05, 0.1) is 5.41 Å². The molecule has 0 saturated carbocycles. The molecular formula is C11H12BrNO. The highest BCUT2D eigenvalue weighted by Gasteiger charge is 2.34. The lowest BCUT2D eigenvalue weighted by Crippen LogP contribution is -2.44. The second-order valence-electron chi connectivity index (χ2n) is 4.11. The van der Waals surface area contributed by atoms with Crippen molar-refractivity contribution in [1.29, 1.82) is 0 Å². The van der Waals surface area contributed by atoms with Gasteiger partial charge >= 0.3 is 0 Å². The van der Waals surface area contributed by atoms with Gasteiger partial charge in [0.15, 0.2) is 0 Å². The van der Waals surface area contributed by atoms with E-state index in [0.29, 0.717) is 6.54 Å². The first-order valence-corrected chi connectivity index (χ1v) is 5.38. The van der Waals surface area contributed by atoms with Crippen LogP contribution in [0.2, 0.25) is 0 Å². The predicted octanol–water partition coefficient (Wildman–Crippen LogP) is 2.36. The number of halogens is 1. The molecule has 1 N–H and O–H groups in total. The molecule has 1 aromatic carbocycles. The third-order valence-electron chi connectivity index (χ3n) is 2.75. The van der Waals surface area contributed by atoms with E-state index in [0.717, 1.165) is 10.0 Å². The minimum Gasteiger partial charge on any atom is -0.351 e. The van der Waals surface area contributed by atoms with E-state index < -0.39 is 5.41 Å². The number of nitrogens with one attached hydrogen (secondary N) is 1. The quantitative estimate of drug-likeness (QED) is 0.756. The van der Waals surface area contributed by atoms with Gasteiger partial charge < -0.3 is 5.32 Å². The minimum absolute atomic E-state index is 0.104. The van der Waals surface area contributed by atoms with Crippen LogP contribution in [0.3, 0.4) is 0 Å². The first-order valence-electron chi connectivity index (χ1n) is 4.59. The number of carbonyl (C=O) groups is 1. The van der Waals surface area contributed by atoms with E-state index in [4.69, 9.17) is 0 Å². The van der Waals surface area contributed by atoms with E-state index in [9.17, 15) is 4.79 Å². The zero-order valence-corrected chi connectivity index (χ0v) is 9.81. The number of fused-ring (bicyclic) bond motifs is 1. The summed E-state index contributed by atoms with van der Waals surface area (Å²) in [5, 5.41) is 2.90. The fourth-order valence-electron chi connectivity index (χ4n) is 1.84. The zero-order chi connectivity index (χ0) is 10.3. The van der Waals surface area contributed by atoms with Gasteiger partial charge in [-0.1, -0.05) is 22.0 Å². The zero-order valence-electron chi connectivity index (χ0n) is 8.23. The summed E-state index contributed by atoms with van der Waals surface area (Å²) in [6.45, 7) is 4.54. The topological polar surface area (TPSA) is 29.1 Å². The summed E-state index contributed by atoms with van der Waals surface area (Å²) in [6.07, 6.45) is 0. The van der Waals surface area contributed by atoms with Crippen LogP contribution in [-0.2, 0) is 16.8 Å². The van der Waals surface area contributed by atoms with Crippen LogP contribution in [0.4, 0.5) is 0 Å². The lowest BCUT2D eigenvalue weighted by Gasteiger charge is -2.31. The molecule has 14 heavy (non-hydrogen) atoms. The summed E-state index contributed by atoms with van der Waals surface area (Å²) in [4.78, 5) is 11.6. The summed E-state index contributed by atoms with van der Waals surface area (Å²) in [5.74, 6) is 0.104. The summed E-state index contributed by atoms with van der Waals surface area (Å²) in [6, 6.07) is 6.08. The van der Waals surface area contributed by atoms with Crippen molar-refractivity contribution in [1.82, 2.24) is 5.32 Å². The van der Waals surface area contributed by atoms with Gasteiger partial charge in [-0.05, 0) is 37.1 Å². The third kappa shape index (κ3) is 1.36. The molecule has 74 valence electrons. The first kappa shape index (κ1) is 9.71. The molecule has 0 fully saturated rings. The normalized spacial score (nSPS) is 18.6. The van der Waals surface area contributed by atoms with E-state index in [1.807, 2.05) is 26.0 Å². The van der Waals surface area contributed by atoms with Crippen molar-refractivity contribution in [3.63, 3.8) is 0 Å². The lowest BCUT2D eigenvalue weighted by atomic mass is 9.78. The van der Waals surface area contributed by atoms with Crippen LogP contribution >= 0.6 is 15.9 Å². The van der Waals surface area contributed by atoms with Crippen LogP contribution in [0.15, 0.2) is 22.7 Å². The highest BCUT2D eigenvalue weighted by molar-refractivity contribution is 9.10. The maximum Gasteiger partial charge on any atom is 0.230 e. The summed E-state index contributed by atoms with van der Waals surface area (Å²) >= 11 is 3.43. The predicted molar refractivity (Wildman–Crippen MR) is 59.0 cm³/mol. The van der Waals surface area contributed by atoms with Crippen molar-refractivity contribution >= 4 is 21.8 Å². The highest BCUT2D eigenvalue weighted by Crippen LogP contribution is 2.31. The number of benzene rings is 1. The van der Waals surface area contributed by atoms with E-state index in [2.05, 4.69) is 27.3 Å². The maximum atomic E-state index is 11.6. The van der Waals surface area contributed by atoms with Crippen LogP contribution in [0.1, 0.15) is 25.0 Å². The molecule has 3 heteroatoms. The van der Waals surface area contributed by atoms with Crippen LogP contribution in [0.5, 0.6) is 0 Å². The third-order valence-corrected chi connectivity index (χ3v) is 3.24. The Labute approximate surface area is 91.8 Å². The Balaban J connectivity index is 2.59. The number of hydrogen-bond acceptors (Lipinski definition) is 1. The molecule has 1 amide bonds. The van der Waals surface area contributed by atoms with Gasteiger partial charge in [-0.15, -0.1) is 0 Å². The standard InChI is InChI=1S/C11H12BrNO/c1-11(2)9-4-3-8(12)5-7(9)6-13-10(11)14/h3-5H,6H2,1-2H3,(H,13,14). The summed E-state index contributed by atoms with van der Waals surface area (Å²) < 4.78 is 1.06. The maximum absolute atomic E-state index is 11.6. The Bertz CT molecular complexity index is 398. The largest absolute Gasteiger partial charge is 0.351 e. The summed E-state index contributed by atoms with van der Waals surface area (Å²) in [7, 11) is 0. The highest BCUT2D eigenvalue weighted by atomic mass is 79.9. The smallest absolute Gasteiger partial charge is 0.230 e. The molecule has 1 aromatic rings. The molecule has 1 aliphatic rings. The molecule has 0 bridgehead atoms. The number of rotatable bonds is 0. The SMILES string of the molecule is CC1(C)C(=O)NCc2cc(Br)ccc21. The van der Waals surface area contributed by atoms with E-state index in [-0.39, 0.29) is 5.91 Å². The summed E-state index contributed by atoms with van der Waals surface area (Å²) in [5.41, 5.74) is 1.92. The Hall–Kier alpha value is -0.830. The lowest BCUT2D eigenvalue weighted by molar-refractivity contribution is -0.126. The van der Waals surface area contributed by atoms with Gasteiger partial charge in [0, 0.05) is 11.0 Å². The molecule has 0 atom stereocenters. The molecule has 0 spiro atoms. The average Bonchev–Trinajstić information content (AvgIpc) is 2.12. The number of carbonyl (C=O) groups excluding carboxylic acids is 1. The van der Waals surface area contributed by atoms with Gasteiger partial charge in [-0.3, -0.25) is 4.79 Å². The second-order valence-corrected chi connectivity index (χ2v) is 5.02. The first-order chi connectivity index (χ1) is 6.51. The van der Waals surface area contributed by atoms with E-state index in [1.54, 1.807) is 0 Å². The molecule has 0 unspecified atom stereocenters. The van der Waals surface area contributed by atoms with E-state index >= 15 is 0 Å². The van der Waals surface area contributed by atoms with Gasteiger partial charge in [0.1, 0.15) is 0 Å². The minimum atomic E-state index is -0.408. The van der Waals surface area contributed by atoms with Crippen molar-refractivity contribution in [2.45, 2.75) is 25.8 Å². The van der Waals surface area contributed by atoms with Crippen LogP contribution in [0.25, 0.3) is 0 Å². The van der Waals surface area contributed by atoms with Crippen molar-refractivity contribution in [3.8, 4) is 0 Å². The Kier molecular flexibility index (Phi) is 2.14. The second kappa shape index (κ2) is 3.09. The van der Waals surface area contributed by atoms with Crippen molar-refractivity contribution in [2.24, 2.45) is 0 Å². The molecule has 2 rings (SSSR count). The number of hydrogen-bond donors (Lipinski definition) is 1. The molecule has 1 heterocycles. The molecule has 2 nitrogen and oxygen atoms in total. The molecule has 1 aliphatic heterocycles. The van der Waals surface area contributed by atoms with Gasteiger partial charge in [0.25, 0.3) is 0 Å². The van der Waals surface area contributed by atoms with Gasteiger partial charge in [-0.25, -0.2) is 0 Å². The Morgan fingerprint density at radius 1 is 1.43 bits per heavy atom. The van der Waals surface area contributed by atoms with Gasteiger partial charge in [0.2, 0.25) is 5.91 Å². The van der Waals surface area contributed by atoms with Gasteiger partial charge in [-0.2, -0.15) is 0 Å². The fourth-order valence-corrected chi connectivity index (χ4v) is 2.25. The van der Waals surface area contributed by atoms with Crippen molar-refractivity contribution in [2.75, 3.05) is 0 Å². The van der Waals surface area contributed by atoms with Crippen LogP contribution < -0.4 is 5.32 Å². The Morgan fingerprint density at radius 3 is 2.86 bits per heavy atom. The van der Waals surface area contributed by atoms with Crippen molar-refractivity contribution in [3.05, 3.63) is 33.8 Å². The molecular weight excluding hydrogens is 242 g/mol. The monoisotopic (exact) mass is 253 g/mol. The van der Waals surface area contributed by atoms with Crippen LogP contribution in [-0.4, -0.2) is 5.91 Å². The van der Waals surface area contributed by atoms with Crippen molar-refractivity contribution < 1.29 is 4.79 Å². The molecule has 0 aliphatic carbocycles. The molecule has 0 saturated heterocycles. The number of amides is 1. The molecule has 0 radical (unpaired) electrons. The Morgan fingerprint density at radius 2 is 2.14 bits per heavy atom. The molecule has 0 aromatic heterocycles. The average molecular weight is 254 g/mol. The van der Waals surface area contributed by atoms with E-state index in [1.165, 1.54) is 5.56 Å². The van der Waals surface area contributed by atoms with Crippen LogP contribution in [0, 0.1) is 0 Å². The fraction of sp³-hybridized carbons (Fsp3) is 0.364.